The predicted molar refractivity (Wildman–Crippen MR) is 96.9 cm³/mol. The fourth-order valence-corrected chi connectivity index (χ4v) is 3.16. The third-order valence-corrected chi connectivity index (χ3v) is 4.46. The Balaban J connectivity index is 1.79. The van der Waals surface area contributed by atoms with E-state index in [2.05, 4.69) is 15.5 Å². The average Bonchev–Trinajstić information content (AvgIpc) is 3.05. The van der Waals surface area contributed by atoms with Crippen molar-refractivity contribution in [3.05, 3.63) is 66.0 Å². The zero-order valence-electron chi connectivity index (χ0n) is 14.2. The highest BCUT2D eigenvalue weighted by atomic mass is 32.2. The van der Waals surface area contributed by atoms with Crippen molar-refractivity contribution in [2.75, 3.05) is 11.1 Å². The molecule has 1 aromatic heterocycles. The van der Waals surface area contributed by atoms with E-state index in [-0.39, 0.29) is 22.5 Å². The molecule has 1 amide bonds. The number of amides is 1. The molecule has 0 spiro atoms. The molecule has 1 heterocycles. The van der Waals surface area contributed by atoms with Gasteiger partial charge in [-0.2, -0.15) is 13.2 Å². The summed E-state index contributed by atoms with van der Waals surface area (Å²) in [6, 6.07) is 15.2. The highest BCUT2D eigenvalue weighted by molar-refractivity contribution is 7.99. The van der Waals surface area contributed by atoms with Crippen molar-refractivity contribution in [3.63, 3.8) is 0 Å². The first-order chi connectivity index (χ1) is 12.8. The van der Waals surface area contributed by atoms with Crippen LogP contribution in [0.5, 0.6) is 0 Å². The Hall–Kier alpha value is -2.81. The molecule has 0 aliphatic rings. The van der Waals surface area contributed by atoms with Gasteiger partial charge < -0.3 is 5.32 Å². The molecule has 9 heteroatoms. The van der Waals surface area contributed by atoms with E-state index in [1.165, 1.54) is 12.1 Å². The molecule has 140 valence electrons. The number of carbonyl (C=O) groups is 1. The minimum atomic E-state index is -4.66. The quantitative estimate of drug-likeness (QED) is 0.657. The van der Waals surface area contributed by atoms with Crippen molar-refractivity contribution in [2.24, 2.45) is 0 Å². The lowest BCUT2D eigenvalue weighted by Crippen LogP contribution is -2.16. The van der Waals surface area contributed by atoms with Crippen LogP contribution in [0, 0.1) is 6.92 Å². The van der Waals surface area contributed by atoms with Crippen LogP contribution in [0.4, 0.5) is 18.9 Å². The molecule has 0 saturated carbocycles. The average molecular weight is 392 g/mol. The third-order valence-electron chi connectivity index (χ3n) is 3.54. The van der Waals surface area contributed by atoms with Gasteiger partial charge >= 0.3 is 6.18 Å². The molecule has 0 bridgehead atoms. The monoisotopic (exact) mass is 392 g/mol. The number of para-hydroxylation sites is 1. The number of alkyl halides is 3. The lowest BCUT2D eigenvalue weighted by Gasteiger charge is -2.11. The number of anilines is 1. The SMILES string of the molecule is Cc1cccc(NC(=O)CSc2nnc(C(F)(F)F)n2-c2ccccc2)c1. The molecule has 0 fully saturated rings. The maximum atomic E-state index is 13.3. The molecule has 0 saturated heterocycles. The fraction of sp³-hybridized carbons (Fsp3) is 0.167. The van der Waals surface area contributed by atoms with Gasteiger partial charge in [-0.15, -0.1) is 10.2 Å². The Morgan fingerprint density at radius 1 is 1.11 bits per heavy atom. The van der Waals surface area contributed by atoms with Crippen LogP contribution in [0.1, 0.15) is 11.4 Å². The molecule has 0 unspecified atom stereocenters. The topological polar surface area (TPSA) is 59.8 Å². The van der Waals surface area contributed by atoms with Gasteiger partial charge in [0.1, 0.15) is 0 Å². The first-order valence-corrected chi connectivity index (χ1v) is 8.90. The van der Waals surface area contributed by atoms with Crippen molar-refractivity contribution in [1.82, 2.24) is 14.8 Å². The van der Waals surface area contributed by atoms with Crippen LogP contribution in [-0.2, 0) is 11.0 Å². The smallest absolute Gasteiger partial charge is 0.325 e. The molecule has 5 nitrogen and oxygen atoms in total. The minimum absolute atomic E-state index is 0.00656. The first kappa shape index (κ1) is 19.0. The number of carbonyl (C=O) groups excluding carboxylic acids is 1. The third kappa shape index (κ3) is 4.68. The number of aromatic nitrogens is 3. The van der Waals surface area contributed by atoms with E-state index in [1.807, 2.05) is 13.0 Å². The molecule has 2 aromatic carbocycles. The molecule has 0 aliphatic heterocycles. The highest BCUT2D eigenvalue weighted by Crippen LogP contribution is 2.32. The second-order valence-electron chi connectivity index (χ2n) is 5.68. The molecule has 3 rings (SSSR count). The van der Waals surface area contributed by atoms with Crippen LogP contribution in [0.15, 0.2) is 59.8 Å². The summed E-state index contributed by atoms with van der Waals surface area (Å²) < 4.78 is 40.7. The van der Waals surface area contributed by atoms with E-state index < -0.39 is 12.0 Å². The van der Waals surface area contributed by atoms with Gasteiger partial charge in [0, 0.05) is 11.4 Å². The molecule has 0 aliphatic carbocycles. The number of hydrogen-bond acceptors (Lipinski definition) is 4. The summed E-state index contributed by atoms with van der Waals surface area (Å²) in [6.07, 6.45) is -4.66. The lowest BCUT2D eigenvalue weighted by atomic mass is 10.2. The van der Waals surface area contributed by atoms with Gasteiger partial charge in [0.15, 0.2) is 5.16 Å². The number of hydrogen-bond donors (Lipinski definition) is 1. The summed E-state index contributed by atoms with van der Waals surface area (Å²) in [6.45, 7) is 1.89. The highest BCUT2D eigenvalue weighted by Gasteiger charge is 2.39. The zero-order chi connectivity index (χ0) is 19.4. The molecular weight excluding hydrogens is 377 g/mol. The van der Waals surface area contributed by atoms with E-state index in [0.717, 1.165) is 21.9 Å². The minimum Gasteiger partial charge on any atom is -0.325 e. The van der Waals surface area contributed by atoms with Crippen molar-refractivity contribution in [3.8, 4) is 5.69 Å². The summed E-state index contributed by atoms with van der Waals surface area (Å²) in [4.78, 5) is 12.1. The molecule has 1 N–H and O–H groups in total. The summed E-state index contributed by atoms with van der Waals surface area (Å²) in [5, 5.41) is 9.60. The van der Waals surface area contributed by atoms with E-state index in [4.69, 9.17) is 0 Å². The lowest BCUT2D eigenvalue weighted by molar-refractivity contribution is -0.146. The number of halogens is 3. The largest absolute Gasteiger partial charge is 0.452 e. The van der Waals surface area contributed by atoms with Crippen LogP contribution < -0.4 is 5.32 Å². The van der Waals surface area contributed by atoms with Gasteiger partial charge in [0.2, 0.25) is 11.7 Å². The van der Waals surface area contributed by atoms with Crippen LogP contribution in [0.2, 0.25) is 0 Å². The normalized spacial score (nSPS) is 11.4. The Kier molecular flexibility index (Phi) is 5.50. The van der Waals surface area contributed by atoms with Crippen LogP contribution >= 0.6 is 11.8 Å². The molecular formula is C18H15F3N4OS. The number of benzene rings is 2. The van der Waals surface area contributed by atoms with Crippen molar-refractivity contribution in [2.45, 2.75) is 18.3 Å². The van der Waals surface area contributed by atoms with Gasteiger partial charge in [-0.3, -0.25) is 9.36 Å². The van der Waals surface area contributed by atoms with Gasteiger partial charge in [-0.1, -0.05) is 42.1 Å². The molecule has 0 radical (unpaired) electrons. The second kappa shape index (κ2) is 7.83. The molecule has 0 atom stereocenters. The maximum Gasteiger partial charge on any atom is 0.452 e. The van der Waals surface area contributed by atoms with Crippen LogP contribution in [0.25, 0.3) is 5.69 Å². The van der Waals surface area contributed by atoms with Gasteiger partial charge in [-0.05, 0) is 36.8 Å². The number of nitrogens with one attached hydrogen (secondary N) is 1. The van der Waals surface area contributed by atoms with E-state index in [9.17, 15) is 18.0 Å². The Bertz CT molecular complexity index is 941. The van der Waals surface area contributed by atoms with Crippen molar-refractivity contribution >= 4 is 23.4 Å². The zero-order valence-corrected chi connectivity index (χ0v) is 15.0. The number of thioether (sulfide) groups is 1. The van der Waals surface area contributed by atoms with Crippen molar-refractivity contribution in [1.29, 1.82) is 0 Å². The fourth-order valence-electron chi connectivity index (χ4n) is 2.41. The van der Waals surface area contributed by atoms with E-state index in [0.29, 0.717) is 5.69 Å². The van der Waals surface area contributed by atoms with Gasteiger partial charge in [-0.25, -0.2) is 0 Å². The second-order valence-corrected chi connectivity index (χ2v) is 6.62. The number of aryl methyl sites for hydroxylation is 1. The standard InChI is InChI=1S/C18H15F3N4OS/c1-12-6-5-7-13(10-12)22-15(26)11-27-17-24-23-16(18(19,20)21)25(17)14-8-3-2-4-9-14/h2-10H,11H2,1H3,(H,22,26). The number of rotatable bonds is 5. The maximum absolute atomic E-state index is 13.3. The Morgan fingerprint density at radius 2 is 1.85 bits per heavy atom. The summed E-state index contributed by atoms with van der Waals surface area (Å²) in [5.74, 6) is -1.58. The summed E-state index contributed by atoms with van der Waals surface area (Å²) >= 11 is 0.888. The molecule has 3 aromatic rings. The van der Waals surface area contributed by atoms with Crippen LogP contribution in [0.3, 0.4) is 0 Å². The van der Waals surface area contributed by atoms with E-state index in [1.54, 1.807) is 36.4 Å². The van der Waals surface area contributed by atoms with Gasteiger partial charge in [0.25, 0.3) is 0 Å². The van der Waals surface area contributed by atoms with Crippen LogP contribution in [-0.4, -0.2) is 26.4 Å². The Morgan fingerprint density at radius 3 is 2.52 bits per heavy atom. The number of nitrogens with zero attached hydrogens (tertiary/aromatic N) is 3. The molecule has 27 heavy (non-hydrogen) atoms. The first-order valence-electron chi connectivity index (χ1n) is 7.92. The summed E-state index contributed by atoms with van der Waals surface area (Å²) in [5.41, 5.74) is 1.89. The summed E-state index contributed by atoms with van der Waals surface area (Å²) in [7, 11) is 0. The van der Waals surface area contributed by atoms with Gasteiger partial charge in [0.05, 0.1) is 5.75 Å². The predicted octanol–water partition coefficient (Wildman–Crippen LogP) is 4.33. The van der Waals surface area contributed by atoms with Crippen molar-refractivity contribution < 1.29 is 18.0 Å². The Labute approximate surface area is 157 Å². The van der Waals surface area contributed by atoms with E-state index >= 15 is 0 Å².